The van der Waals surface area contributed by atoms with Gasteiger partial charge in [0.1, 0.15) is 18.2 Å². The Morgan fingerprint density at radius 2 is 1.76 bits per heavy atom. The normalized spacial score (nSPS) is 16.4. The minimum Gasteiger partial charge on any atom is -0.338 e. The number of hydrogen-bond acceptors (Lipinski definition) is 3. The van der Waals surface area contributed by atoms with Gasteiger partial charge in [-0.2, -0.15) is 0 Å². The fraction of sp³-hybridized carbons (Fsp3) is 0.423. The lowest BCUT2D eigenvalue weighted by Crippen LogP contribution is -2.44. The third kappa shape index (κ3) is 4.77. The van der Waals surface area contributed by atoms with Crippen molar-refractivity contribution in [1.82, 2.24) is 19.4 Å². The molecule has 0 radical (unpaired) electrons. The topological polar surface area (TPSA) is 58.4 Å². The summed E-state index contributed by atoms with van der Waals surface area (Å²) in [5, 5.41) is 0. The third-order valence-corrected chi connectivity index (χ3v) is 6.24. The Morgan fingerprint density at radius 3 is 2.42 bits per heavy atom. The van der Waals surface area contributed by atoms with Gasteiger partial charge < -0.3 is 14.4 Å². The van der Waals surface area contributed by atoms with Gasteiger partial charge in [-0.1, -0.05) is 24.3 Å². The maximum Gasteiger partial charge on any atom is 0.243 e. The first-order valence-electron chi connectivity index (χ1n) is 11.5. The number of amides is 2. The number of imidazole rings is 1. The van der Waals surface area contributed by atoms with Crippen molar-refractivity contribution in [1.29, 1.82) is 0 Å². The Kier molecular flexibility index (Phi) is 6.49. The van der Waals surface area contributed by atoms with Crippen molar-refractivity contribution in [2.75, 3.05) is 6.54 Å². The molecule has 0 bridgehead atoms. The molecule has 0 aliphatic carbocycles. The highest BCUT2D eigenvalue weighted by Crippen LogP contribution is 2.31. The molecule has 1 aromatic heterocycles. The van der Waals surface area contributed by atoms with E-state index in [0.29, 0.717) is 19.5 Å². The molecule has 2 aromatic carbocycles. The molecule has 2 amide bonds. The molecule has 0 unspecified atom stereocenters. The molecule has 0 saturated carbocycles. The quantitative estimate of drug-likeness (QED) is 0.538. The van der Waals surface area contributed by atoms with Crippen molar-refractivity contribution >= 4 is 22.8 Å². The van der Waals surface area contributed by atoms with E-state index in [0.717, 1.165) is 22.4 Å². The summed E-state index contributed by atoms with van der Waals surface area (Å²) in [7, 11) is 0. The van der Waals surface area contributed by atoms with Crippen LogP contribution in [0.15, 0.2) is 48.5 Å². The lowest BCUT2D eigenvalue weighted by Gasteiger charge is -2.31. The van der Waals surface area contributed by atoms with Gasteiger partial charge in [0, 0.05) is 37.5 Å². The Labute approximate surface area is 194 Å². The van der Waals surface area contributed by atoms with Crippen molar-refractivity contribution in [3.05, 3.63) is 65.7 Å². The highest BCUT2D eigenvalue weighted by Gasteiger charge is 2.34. The van der Waals surface area contributed by atoms with E-state index in [1.165, 1.54) is 12.1 Å². The molecule has 2 heterocycles. The van der Waals surface area contributed by atoms with E-state index < -0.39 is 0 Å². The summed E-state index contributed by atoms with van der Waals surface area (Å²) in [6.07, 6.45) is 0.344. The monoisotopic (exact) mass is 450 g/mol. The number of rotatable bonds is 7. The second kappa shape index (κ2) is 9.33. The minimum absolute atomic E-state index is 0.0388. The molecule has 0 spiro atoms. The number of aromatic nitrogens is 2. The maximum atomic E-state index is 13.3. The van der Waals surface area contributed by atoms with Crippen LogP contribution in [0.5, 0.6) is 0 Å². The van der Waals surface area contributed by atoms with E-state index in [1.807, 2.05) is 61.4 Å². The van der Waals surface area contributed by atoms with Crippen LogP contribution in [0.3, 0.4) is 0 Å². The molecule has 7 heteroatoms. The molecule has 1 saturated heterocycles. The lowest BCUT2D eigenvalue weighted by atomic mass is 10.1. The van der Waals surface area contributed by atoms with Gasteiger partial charge in [0.15, 0.2) is 0 Å². The van der Waals surface area contributed by atoms with Crippen LogP contribution in [-0.4, -0.2) is 49.8 Å². The van der Waals surface area contributed by atoms with Crippen LogP contribution in [-0.2, 0) is 22.7 Å². The first kappa shape index (κ1) is 23.0. The Morgan fingerprint density at radius 1 is 1.09 bits per heavy atom. The molecule has 0 N–H and O–H groups in total. The zero-order chi connectivity index (χ0) is 23.7. The summed E-state index contributed by atoms with van der Waals surface area (Å²) in [5.41, 5.74) is 2.61. The van der Waals surface area contributed by atoms with Gasteiger partial charge in [-0.15, -0.1) is 0 Å². The van der Waals surface area contributed by atoms with Crippen LogP contribution in [0.1, 0.15) is 51.4 Å². The van der Waals surface area contributed by atoms with Crippen molar-refractivity contribution in [2.24, 2.45) is 0 Å². The average molecular weight is 451 g/mol. The van der Waals surface area contributed by atoms with E-state index in [9.17, 15) is 14.0 Å². The first-order valence-corrected chi connectivity index (χ1v) is 11.5. The van der Waals surface area contributed by atoms with Crippen LogP contribution in [0.2, 0.25) is 0 Å². The van der Waals surface area contributed by atoms with Crippen LogP contribution in [0, 0.1) is 5.82 Å². The van der Waals surface area contributed by atoms with Gasteiger partial charge in [-0.05, 0) is 57.5 Å². The third-order valence-electron chi connectivity index (χ3n) is 6.24. The zero-order valence-electron chi connectivity index (χ0n) is 19.7. The summed E-state index contributed by atoms with van der Waals surface area (Å²) >= 11 is 0. The molecular weight excluding hydrogens is 419 g/mol. The fourth-order valence-electron chi connectivity index (χ4n) is 4.87. The van der Waals surface area contributed by atoms with Crippen molar-refractivity contribution in [3.63, 3.8) is 0 Å². The lowest BCUT2D eigenvalue weighted by molar-refractivity contribution is -0.135. The second-order valence-corrected chi connectivity index (χ2v) is 9.34. The highest BCUT2D eigenvalue weighted by molar-refractivity contribution is 5.83. The number of carbonyl (C=O) groups is 2. The summed E-state index contributed by atoms with van der Waals surface area (Å²) < 4.78 is 15.2. The first-order chi connectivity index (χ1) is 15.7. The molecule has 6 nitrogen and oxygen atoms in total. The molecule has 1 aliphatic heterocycles. The fourth-order valence-corrected chi connectivity index (χ4v) is 4.87. The van der Waals surface area contributed by atoms with E-state index in [1.54, 1.807) is 17.0 Å². The SMILES string of the molecule is CC(C)N(C(=O)Cn1c([C@H]2CC(=O)N(Cc3ccc(F)cc3)C2)nc2ccccc21)C(C)C. The molecule has 1 aliphatic rings. The van der Waals surface area contributed by atoms with Crippen molar-refractivity contribution in [3.8, 4) is 0 Å². The van der Waals surface area contributed by atoms with Crippen molar-refractivity contribution in [2.45, 2.75) is 65.2 Å². The Bertz CT molecular complexity index is 1140. The molecule has 4 rings (SSSR count). The Balaban J connectivity index is 1.62. The van der Waals surface area contributed by atoms with Gasteiger partial charge in [0.2, 0.25) is 11.8 Å². The standard InChI is InChI=1S/C26H31FN4O2/c1-17(2)31(18(3)4)25(33)16-30-23-8-6-5-7-22(23)28-26(30)20-13-24(32)29(15-20)14-19-9-11-21(27)12-10-19/h5-12,17-18,20H,13-16H2,1-4H3/t20-/m0/s1. The smallest absolute Gasteiger partial charge is 0.243 e. The zero-order valence-corrected chi connectivity index (χ0v) is 19.7. The van der Waals surface area contributed by atoms with Gasteiger partial charge in [-0.3, -0.25) is 9.59 Å². The van der Waals surface area contributed by atoms with E-state index in [2.05, 4.69) is 0 Å². The van der Waals surface area contributed by atoms with Crippen LogP contribution in [0.25, 0.3) is 11.0 Å². The number of likely N-dealkylation sites (tertiary alicyclic amines) is 1. The van der Waals surface area contributed by atoms with E-state index >= 15 is 0 Å². The summed E-state index contributed by atoms with van der Waals surface area (Å²) in [4.78, 5) is 34.6. The predicted octanol–water partition coefficient (Wildman–Crippen LogP) is 4.34. The number of fused-ring (bicyclic) bond motifs is 1. The number of halogens is 1. The predicted molar refractivity (Wildman–Crippen MR) is 126 cm³/mol. The molecule has 3 aromatic rings. The van der Waals surface area contributed by atoms with Crippen LogP contribution < -0.4 is 0 Å². The summed E-state index contributed by atoms with van der Waals surface area (Å²) in [5.74, 6) is 0.452. The maximum absolute atomic E-state index is 13.3. The number of para-hydroxylation sites is 2. The largest absolute Gasteiger partial charge is 0.338 e. The van der Waals surface area contributed by atoms with Crippen LogP contribution >= 0.6 is 0 Å². The van der Waals surface area contributed by atoms with Crippen molar-refractivity contribution < 1.29 is 14.0 Å². The number of nitrogens with zero attached hydrogens (tertiary/aromatic N) is 4. The number of carbonyl (C=O) groups excluding carboxylic acids is 2. The molecule has 33 heavy (non-hydrogen) atoms. The average Bonchev–Trinajstić information content (AvgIpc) is 3.30. The van der Waals surface area contributed by atoms with Gasteiger partial charge in [0.05, 0.1) is 11.0 Å². The summed E-state index contributed by atoms with van der Waals surface area (Å²) in [6, 6.07) is 14.2. The highest BCUT2D eigenvalue weighted by atomic mass is 19.1. The van der Waals surface area contributed by atoms with Gasteiger partial charge in [0.25, 0.3) is 0 Å². The molecular formula is C26H31FN4O2. The second-order valence-electron chi connectivity index (χ2n) is 9.34. The van der Waals surface area contributed by atoms with E-state index in [4.69, 9.17) is 4.98 Å². The Hall–Kier alpha value is -3.22. The number of benzene rings is 2. The molecule has 1 atom stereocenters. The van der Waals surface area contributed by atoms with Gasteiger partial charge >= 0.3 is 0 Å². The minimum atomic E-state index is -0.292. The van der Waals surface area contributed by atoms with Crippen LogP contribution in [0.4, 0.5) is 4.39 Å². The number of hydrogen-bond donors (Lipinski definition) is 0. The van der Waals surface area contributed by atoms with E-state index in [-0.39, 0.29) is 42.2 Å². The summed E-state index contributed by atoms with van der Waals surface area (Å²) in [6.45, 7) is 9.23. The molecule has 174 valence electrons. The van der Waals surface area contributed by atoms with Gasteiger partial charge in [-0.25, -0.2) is 9.37 Å². The molecule has 1 fully saturated rings.